The number of nitro groups is 1. The van der Waals surface area contributed by atoms with E-state index >= 15 is 0 Å². The van der Waals surface area contributed by atoms with Crippen LogP contribution in [-0.2, 0) is 9.05 Å². The molecule has 0 saturated heterocycles. The summed E-state index contributed by atoms with van der Waals surface area (Å²) in [5.74, 6) is -0.116. The van der Waals surface area contributed by atoms with Crippen LogP contribution in [0.1, 0.15) is 6.92 Å². The highest BCUT2D eigenvalue weighted by Gasteiger charge is 2.19. The fourth-order valence-electron chi connectivity index (χ4n) is 1.07. The summed E-state index contributed by atoms with van der Waals surface area (Å²) in [6.45, 7) is 1.82. The molecule has 1 aromatic carbocycles. The molecule has 0 saturated carbocycles. The number of hydrogen-bond donors (Lipinski definition) is 0. The van der Waals surface area contributed by atoms with Gasteiger partial charge in [0.1, 0.15) is 0 Å². The van der Waals surface area contributed by atoms with Gasteiger partial charge in [0.15, 0.2) is 5.75 Å². The van der Waals surface area contributed by atoms with Crippen molar-refractivity contribution in [2.75, 3.05) is 6.61 Å². The molecule has 0 unspecified atom stereocenters. The van der Waals surface area contributed by atoms with Gasteiger partial charge in [0.05, 0.1) is 16.4 Å². The zero-order valence-corrected chi connectivity index (χ0v) is 9.79. The van der Waals surface area contributed by atoms with Gasteiger partial charge in [-0.05, 0) is 13.0 Å². The van der Waals surface area contributed by atoms with Gasteiger partial charge in [-0.25, -0.2) is 8.42 Å². The van der Waals surface area contributed by atoms with Gasteiger partial charge in [0.25, 0.3) is 9.05 Å². The zero-order valence-electron chi connectivity index (χ0n) is 8.21. The van der Waals surface area contributed by atoms with Gasteiger partial charge < -0.3 is 4.74 Å². The SMILES string of the molecule is CCOc1cc(S(=O)(=O)Cl)ccc1[N+](=O)[O-]. The predicted molar refractivity (Wildman–Crippen MR) is 57.3 cm³/mol. The Bertz CT molecular complexity index is 513. The molecule has 0 aromatic heterocycles. The quantitative estimate of drug-likeness (QED) is 0.471. The van der Waals surface area contributed by atoms with E-state index in [1.54, 1.807) is 6.92 Å². The van der Waals surface area contributed by atoms with E-state index in [-0.39, 0.29) is 22.9 Å². The molecule has 0 N–H and O–H groups in total. The van der Waals surface area contributed by atoms with Gasteiger partial charge in [0, 0.05) is 22.8 Å². The second-order valence-corrected chi connectivity index (χ2v) is 5.32. The van der Waals surface area contributed by atoms with Gasteiger partial charge in [-0.3, -0.25) is 10.1 Å². The van der Waals surface area contributed by atoms with Crippen LogP contribution >= 0.6 is 10.7 Å². The first kappa shape index (κ1) is 12.7. The van der Waals surface area contributed by atoms with E-state index in [2.05, 4.69) is 0 Å². The van der Waals surface area contributed by atoms with Crippen molar-refractivity contribution in [2.45, 2.75) is 11.8 Å². The van der Waals surface area contributed by atoms with Gasteiger partial charge in [-0.2, -0.15) is 0 Å². The van der Waals surface area contributed by atoms with Crippen LogP contribution in [0.4, 0.5) is 5.69 Å². The van der Waals surface area contributed by atoms with Crippen molar-refractivity contribution in [3.8, 4) is 5.75 Å². The Kier molecular flexibility index (Phi) is 3.71. The highest BCUT2D eigenvalue weighted by Crippen LogP contribution is 2.30. The smallest absolute Gasteiger partial charge is 0.311 e. The third-order valence-corrected chi connectivity index (χ3v) is 3.06. The largest absolute Gasteiger partial charge is 0.487 e. The van der Waals surface area contributed by atoms with E-state index in [1.165, 1.54) is 0 Å². The van der Waals surface area contributed by atoms with E-state index in [1.807, 2.05) is 0 Å². The predicted octanol–water partition coefficient (Wildman–Crippen LogP) is 1.92. The third kappa shape index (κ3) is 2.83. The Hall–Kier alpha value is -1.34. The van der Waals surface area contributed by atoms with Crippen LogP contribution in [0.3, 0.4) is 0 Å². The maximum atomic E-state index is 11.0. The molecule has 1 aromatic rings. The molecule has 16 heavy (non-hydrogen) atoms. The summed E-state index contributed by atoms with van der Waals surface area (Å²) in [5.41, 5.74) is -0.300. The van der Waals surface area contributed by atoms with Crippen molar-refractivity contribution >= 4 is 25.4 Å². The molecule has 6 nitrogen and oxygen atoms in total. The van der Waals surface area contributed by atoms with Crippen molar-refractivity contribution in [3.63, 3.8) is 0 Å². The minimum Gasteiger partial charge on any atom is -0.487 e. The van der Waals surface area contributed by atoms with Crippen molar-refractivity contribution in [1.29, 1.82) is 0 Å². The molecule has 0 aliphatic heterocycles. The highest BCUT2D eigenvalue weighted by atomic mass is 35.7. The number of nitrogens with zero attached hydrogens (tertiary/aromatic N) is 1. The summed E-state index contributed by atoms with van der Waals surface area (Å²) in [7, 11) is 1.19. The van der Waals surface area contributed by atoms with Crippen molar-refractivity contribution < 1.29 is 18.1 Å². The lowest BCUT2D eigenvalue weighted by molar-refractivity contribution is -0.385. The van der Waals surface area contributed by atoms with Crippen LogP contribution in [0.15, 0.2) is 23.1 Å². The number of ether oxygens (including phenoxy) is 1. The summed E-state index contributed by atoms with van der Waals surface area (Å²) >= 11 is 0. The lowest BCUT2D eigenvalue weighted by Gasteiger charge is -2.05. The Balaban J connectivity index is 3.33. The Morgan fingerprint density at radius 2 is 2.12 bits per heavy atom. The third-order valence-electron chi connectivity index (χ3n) is 1.71. The maximum absolute atomic E-state index is 11.0. The number of nitro benzene ring substituents is 1. The van der Waals surface area contributed by atoms with Crippen LogP contribution in [0.2, 0.25) is 0 Å². The second-order valence-electron chi connectivity index (χ2n) is 2.76. The number of hydrogen-bond acceptors (Lipinski definition) is 5. The number of benzene rings is 1. The first-order chi connectivity index (χ1) is 7.36. The first-order valence-electron chi connectivity index (χ1n) is 4.22. The Morgan fingerprint density at radius 3 is 2.56 bits per heavy atom. The van der Waals surface area contributed by atoms with Crippen LogP contribution in [0, 0.1) is 10.1 Å². The molecule has 0 amide bonds. The molecule has 0 atom stereocenters. The molecular formula is C8H8ClNO5S. The molecule has 8 heteroatoms. The van der Waals surface area contributed by atoms with Crippen molar-refractivity contribution in [3.05, 3.63) is 28.3 Å². The molecule has 0 bridgehead atoms. The van der Waals surface area contributed by atoms with Crippen LogP contribution in [0.25, 0.3) is 0 Å². The average molecular weight is 266 g/mol. The summed E-state index contributed by atoms with van der Waals surface area (Å²) in [4.78, 5) is 9.71. The minimum atomic E-state index is -3.92. The second kappa shape index (κ2) is 4.67. The Labute approximate surface area is 96.4 Å². The number of rotatable bonds is 4. The average Bonchev–Trinajstić information content (AvgIpc) is 2.16. The fourth-order valence-corrected chi connectivity index (χ4v) is 1.83. The van der Waals surface area contributed by atoms with Gasteiger partial charge >= 0.3 is 5.69 Å². The summed E-state index contributed by atoms with van der Waals surface area (Å²) in [6, 6.07) is 3.13. The molecule has 0 radical (unpaired) electrons. The standard InChI is InChI=1S/C8H8ClNO5S/c1-2-15-8-5-6(16(9,13)14)3-4-7(8)10(11)12/h3-5H,2H2,1H3. The molecule has 0 aliphatic carbocycles. The first-order valence-corrected chi connectivity index (χ1v) is 6.53. The molecule has 0 fully saturated rings. The minimum absolute atomic E-state index is 0.116. The summed E-state index contributed by atoms with van der Waals surface area (Å²) < 4.78 is 27.0. The van der Waals surface area contributed by atoms with Crippen LogP contribution in [-0.4, -0.2) is 19.9 Å². The van der Waals surface area contributed by atoms with Crippen molar-refractivity contribution in [1.82, 2.24) is 0 Å². The molecule has 0 aliphatic rings. The highest BCUT2D eigenvalue weighted by molar-refractivity contribution is 8.13. The lowest BCUT2D eigenvalue weighted by atomic mass is 10.3. The van der Waals surface area contributed by atoms with E-state index in [9.17, 15) is 18.5 Å². The van der Waals surface area contributed by atoms with E-state index in [0.717, 1.165) is 18.2 Å². The molecule has 88 valence electrons. The fraction of sp³-hybridized carbons (Fsp3) is 0.250. The molecule has 0 heterocycles. The molecular weight excluding hydrogens is 258 g/mol. The van der Waals surface area contributed by atoms with Crippen LogP contribution in [0.5, 0.6) is 5.75 Å². The van der Waals surface area contributed by atoms with Gasteiger partial charge in [-0.1, -0.05) is 0 Å². The monoisotopic (exact) mass is 265 g/mol. The van der Waals surface area contributed by atoms with Gasteiger partial charge in [0.2, 0.25) is 0 Å². The molecule has 0 spiro atoms. The van der Waals surface area contributed by atoms with Crippen LogP contribution < -0.4 is 4.74 Å². The van der Waals surface area contributed by atoms with Crippen molar-refractivity contribution in [2.24, 2.45) is 0 Å². The maximum Gasteiger partial charge on any atom is 0.311 e. The molecule has 1 rings (SSSR count). The Morgan fingerprint density at radius 1 is 1.50 bits per heavy atom. The lowest BCUT2D eigenvalue weighted by Crippen LogP contribution is -1.99. The van der Waals surface area contributed by atoms with Gasteiger partial charge in [-0.15, -0.1) is 0 Å². The topological polar surface area (TPSA) is 86.5 Å². The summed E-state index contributed by atoms with van der Waals surface area (Å²) in [6.07, 6.45) is 0. The van der Waals surface area contributed by atoms with E-state index in [4.69, 9.17) is 15.4 Å². The normalized spacial score (nSPS) is 11.1. The zero-order chi connectivity index (χ0) is 12.3. The van der Waals surface area contributed by atoms with E-state index in [0.29, 0.717) is 0 Å². The number of halogens is 1. The van der Waals surface area contributed by atoms with E-state index < -0.39 is 14.0 Å². The summed E-state index contributed by atoms with van der Waals surface area (Å²) in [5, 5.41) is 10.6.